The van der Waals surface area contributed by atoms with Crippen molar-refractivity contribution in [2.45, 2.75) is 13.5 Å². The van der Waals surface area contributed by atoms with Gasteiger partial charge in [0.2, 0.25) is 5.91 Å². The Kier molecular flexibility index (Phi) is 5.56. The third-order valence-corrected chi connectivity index (χ3v) is 4.36. The molecule has 128 valence electrons. The molecule has 0 aliphatic heterocycles. The van der Waals surface area contributed by atoms with Crippen molar-refractivity contribution in [2.24, 2.45) is 0 Å². The molecule has 1 heterocycles. The molecule has 0 aliphatic carbocycles. The van der Waals surface area contributed by atoms with Crippen LogP contribution in [0.1, 0.15) is 11.1 Å². The summed E-state index contributed by atoms with van der Waals surface area (Å²) in [6.45, 7) is 2.67. The van der Waals surface area contributed by atoms with Gasteiger partial charge < -0.3 is 5.32 Å². The van der Waals surface area contributed by atoms with Gasteiger partial charge in [0.25, 0.3) is 0 Å². The number of hydrogen-bond acceptors (Lipinski definition) is 3. The molecule has 4 nitrogen and oxygen atoms in total. The Morgan fingerprint density at radius 3 is 2.64 bits per heavy atom. The van der Waals surface area contributed by atoms with Crippen LogP contribution in [-0.4, -0.2) is 27.7 Å². The normalized spacial score (nSPS) is 10.6. The first-order valence-electron chi connectivity index (χ1n) is 8.13. The minimum atomic E-state index is -0.0162. The van der Waals surface area contributed by atoms with Crippen LogP contribution in [0.2, 0.25) is 0 Å². The van der Waals surface area contributed by atoms with E-state index in [-0.39, 0.29) is 5.91 Å². The van der Waals surface area contributed by atoms with Crippen molar-refractivity contribution in [3.63, 3.8) is 0 Å². The van der Waals surface area contributed by atoms with E-state index in [1.165, 1.54) is 17.3 Å². The van der Waals surface area contributed by atoms with Crippen molar-refractivity contribution in [1.82, 2.24) is 9.78 Å². The van der Waals surface area contributed by atoms with E-state index in [0.29, 0.717) is 12.3 Å². The predicted molar refractivity (Wildman–Crippen MR) is 105 cm³/mol. The molecule has 3 aromatic rings. The summed E-state index contributed by atoms with van der Waals surface area (Å²) in [6.07, 6.45) is 1.92. The fraction of sp³-hybridized carbons (Fsp3) is 0.200. The highest BCUT2D eigenvalue weighted by atomic mass is 32.2. The molecule has 0 bridgehead atoms. The van der Waals surface area contributed by atoms with E-state index in [4.69, 9.17) is 5.10 Å². The van der Waals surface area contributed by atoms with Gasteiger partial charge >= 0.3 is 0 Å². The van der Waals surface area contributed by atoms with Gasteiger partial charge in [-0.05, 0) is 24.8 Å². The monoisotopic (exact) mass is 351 g/mol. The standard InChI is InChI=1S/C20H21N3OS/c1-15-7-6-10-17(11-15)18-12-19(21-20(24)14-25-2)23(22-18)13-16-8-4-3-5-9-16/h3-12H,13-14H2,1-2H3,(H,21,24). The highest BCUT2D eigenvalue weighted by molar-refractivity contribution is 7.99. The molecule has 1 aromatic heterocycles. The van der Waals surface area contributed by atoms with Crippen LogP contribution in [0.3, 0.4) is 0 Å². The van der Waals surface area contributed by atoms with Crippen LogP contribution >= 0.6 is 11.8 Å². The second-order valence-electron chi connectivity index (χ2n) is 5.91. The molecule has 2 aromatic carbocycles. The molecule has 25 heavy (non-hydrogen) atoms. The number of carbonyl (C=O) groups is 1. The first-order valence-corrected chi connectivity index (χ1v) is 9.52. The van der Waals surface area contributed by atoms with E-state index in [1.807, 2.05) is 47.3 Å². The van der Waals surface area contributed by atoms with Gasteiger partial charge in [-0.3, -0.25) is 4.79 Å². The molecule has 0 saturated heterocycles. The third kappa shape index (κ3) is 4.51. The number of nitrogens with zero attached hydrogens (tertiary/aromatic N) is 2. The average molecular weight is 351 g/mol. The predicted octanol–water partition coefficient (Wildman–Crippen LogP) is 4.21. The van der Waals surface area contributed by atoms with Gasteiger partial charge in [-0.25, -0.2) is 4.68 Å². The van der Waals surface area contributed by atoms with E-state index < -0.39 is 0 Å². The number of rotatable bonds is 6. The highest BCUT2D eigenvalue weighted by Gasteiger charge is 2.12. The smallest absolute Gasteiger partial charge is 0.235 e. The zero-order valence-electron chi connectivity index (χ0n) is 14.4. The summed E-state index contributed by atoms with van der Waals surface area (Å²) in [7, 11) is 0. The van der Waals surface area contributed by atoms with Gasteiger partial charge in [-0.2, -0.15) is 16.9 Å². The van der Waals surface area contributed by atoms with E-state index in [9.17, 15) is 4.79 Å². The summed E-state index contributed by atoms with van der Waals surface area (Å²) in [4.78, 5) is 12.0. The van der Waals surface area contributed by atoms with Crippen molar-refractivity contribution in [2.75, 3.05) is 17.3 Å². The lowest BCUT2D eigenvalue weighted by Crippen LogP contribution is -2.17. The first-order chi connectivity index (χ1) is 12.2. The third-order valence-electron chi connectivity index (χ3n) is 3.81. The Labute approximate surface area is 152 Å². The van der Waals surface area contributed by atoms with Gasteiger partial charge in [-0.1, -0.05) is 54.1 Å². The number of carbonyl (C=O) groups excluding carboxylic acids is 1. The molecular formula is C20H21N3OS. The van der Waals surface area contributed by atoms with E-state index in [1.54, 1.807) is 0 Å². The molecule has 0 unspecified atom stereocenters. The number of hydrogen-bond donors (Lipinski definition) is 1. The average Bonchev–Trinajstić information content (AvgIpc) is 2.98. The Balaban J connectivity index is 1.94. The summed E-state index contributed by atoms with van der Waals surface area (Å²) >= 11 is 1.50. The Morgan fingerprint density at radius 1 is 1.12 bits per heavy atom. The van der Waals surface area contributed by atoms with Crippen molar-refractivity contribution in [3.8, 4) is 11.3 Å². The van der Waals surface area contributed by atoms with Gasteiger partial charge in [-0.15, -0.1) is 0 Å². The lowest BCUT2D eigenvalue weighted by atomic mass is 10.1. The van der Waals surface area contributed by atoms with Crippen molar-refractivity contribution >= 4 is 23.5 Å². The summed E-state index contributed by atoms with van der Waals surface area (Å²) in [5, 5.41) is 7.70. The Morgan fingerprint density at radius 2 is 1.92 bits per heavy atom. The van der Waals surface area contributed by atoms with Crippen LogP contribution in [0.5, 0.6) is 0 Å². The summed E-state index contributed by atoms with van der Waals surface area (Å²) < 4.78 is 1.85. The van der Waals surface area contributed by atoms with Crippen LogP contribution in [-0.2, 0) is 11.3 Å². The molecule has 5 heteroatoms. The summed E-state index contributed by atoms with van der Waals surface area (Å²) in [6, 6.07) is 20.3. The quantitative estimate of drug-likeness (QED) is 0.724. The number of benzene rings is 2. The first kappa shape index (κ1) is 17.3. The van der Waals surface area contributed by atoms with Gasteiger partial charge in [0.15, 0.2) is 0 Å². The van der Waals surface area contributed by atoms with Gasteiger partial charge in [0.1, 0.15) is 5.82 Å². The van der Waals surface area contributed by atoms with Crippen molar-refractivity contribution < 1.29 is 4.79 Å². The molecule has 1 amide bonds. The SMILES string of the molecule is CSCC(=O)Nc1cc(-c2cccc(C)c2)nn1Cc1ccccc1. The van der Waals surface area contributed by atoms with E-state index in [0.717, 1.165) is 22.6 Å². The zero-order valence-corrected chi connectivity index (χ0v) is 15.2. The molecule has 0 spiro atoms. The van der Waals surface area contributed by atoms with Crippen LogP contribution in [0, 0.1) is 6.92 Å². The molecule has 3 rings (SSSR count). The highest BCUT2D eigenvalue weighted by Crippen LogP contribution is 2.24. The number of thioether (sulfide) groups is 1. The molecule has 1 N–H and O–H groups in total. The molecular weight excluding hydrogens is 330 g/mol. The van der Waals surface area contributed by atoms with Crippen molar-refractivity contribution in [3.05, 3.63) is 71.8 Å². The number of nitrogens with one attached hydrogen (secondary N) is 1. The van der Waals surface area contributed by atoms with E-state index in [2.05, 4.69) is 36.5 Å². The maximum atomic E-state index is 12.0. The van der Waals surface area contributed by atoms with E-state index >= 15 is 0 Å². The number of aryl methyl sites for hydroxylation is 1. The fourth-order valence-corrected chi connectivity index (χ4v) is 2.98. The minimum absolute atomic E-state index is 0.0162. The summed E-state index contributed by atoms with van der Waals surface area (Å²) in [5.41, 5.74) is 4.23. The topological polar surface area (TPSA) is 46.9 Å². The molecule has 0 fully saturated rings. The van der Waals surface area contributed by atoms with Gasteiger partial charge in [0, 0.05) is 11.6 Å². The van der Waals surface area contributed by atoms with Crippen LogP contribution in [0.25, 0.3) is 11.3 Å². The number of aromatic nitrogens is 2. The molecule has 0 saturated carbocycles. The van der Waals surface area contributed by atoms with Crippen LogP contribution in [0.15, 0.2) is 60.7 Å². The zero-order chi connectivity index (χ0) is 17.6. The summed E-state index contributed by atoms with van der Waals surface area (Å²) in [5.74, 6) is 1.13. The second kappa shape index (κ2) is 8.03. The Hall–Kier alpha value is -2.53. The molecule has 0 atom stereocenters. The lowest BCUT2D eigenvalue weighted by molar-refractivity contribution is -0.113. The second-order valence-corrected chi connectivity index (χ2v) is 6.77. The largest absolute Gasteiger partial charge is 0.310 e. The fourth-order valence-electron chi connectivity index (χ4n) is 2.65. The minimum Gasteiger partial charge on any atom is -0.310 e. The van der Waals surface area contributed by atoms with Crippen LogP contribution in [0.4, 0.5) is 5.82 Å². The van der Waals surface area contributed by atoms with Crippen LogP contribution < -0.4 is 5.32 Å². The number of amides is 1. The number of anilines is 1. The van der Waals surface area contributed by atoms with Gasteiger partial charge in [0.05, 0.1) is 18.0 Å². The Bertz CT molecular complexity index is 858. The molecule has 0 aliphatic rings. The maximum Gasteiger partial charge on any atom is 0.235 e. The van der Waals surface area contributed by atoms with Crippen molar-refractivity contribution in [1.29, 1.82) is 0 Å². The molecule has 0 radical (unpaired) electrons. The lowest BCUT2D eigenvalue weighted by Gasteiger charge is -2.08. The maximum absolute atomic E-state index is 12.0.